The summed E-state index contributed by atoms with van der Waals surface area (Å²) in [6, 6.07) is 0. The van der Waals surface area contributed by atoms with E-state index in [0.29, 0.717) is 38.5 Å². The van der Waals surface area contributed by atoms with Gasteiger partial charge in [0.25, 0.3) is 0 Å². The minimum absolute atomic E-state index is 0.162. The third kappa shape index (κ3) is 1.87. The first-order valence-electron chi connectivity index (χ1n) is 6.26. The predicted octanol–water partition coefficient (Wildman–Crippen LogP) is 1.48. The van der Waals surface area contributed by atoms with Crippen LogP contribution in [0.5, 0.6) is 0 Å². The smallest absolute Gasteiger partial charge is 0.349 e. The lowest BCUT2D eigenvalue weighted by molar-refractivity contribution is -0.259. The Hall–Kier alpha value is -0.580. The number of esters is 1. The van der Waals surface area contributed by atoms with E-state index in [1.807, 2.05) is 0 Å². The van der Waals surface area contributed by atoms with Gasteiger partial charge in [0.2, 0.25) is 0 Å². The largest absolute Gasteiger partial charge is 0.455 e. The van der Waals surface area contributed by atoms with E-state index in [1.54, 1.807) is 0 Å². The molecule has 0 aromatic heterocycles. The maximum Gasteiger partial charge on any atom is 0.349 e. The van der Waals surface area contributed by atoms with E-state index in [4.69, 9.17) is 16.3 Å². The van der Waals surface area contributed by atoms with Gasteiger partial charge in [-0.25, -0.2) is 4.79 Å². The van der Waals surface area contributed by atoms with Crippen molar-refractivity contribution in [2.45, 2.75) is 55.3 Å². The normalized spacial score (nSPS) is 49.2. The van der Waals surface area contributed by atoms with E-state index < -0.39 is 22.8 Å². The van der Waals surface area contributed by atoms with Gasteiger partial charge in [-0.1, -0.05) is 18.2 Å². The summed E-state index contributed by atoms with van der Waals surface area (Å²) in [5.74, 6) is -0.432. The molecule has 4 aliphatic carbocycles. The van der Waals surface area contributed by atoms with Crippen LogP contribution in [0, 0.1) is 5.92 Å². The fourth-order valence-electron chi connectivity index (χ4n) is 4.62. The maximum absolute atomic E-state index is 11.6. The molecule has 4 atom stereocenters. The van der Waals surface area contributed by atoms with Crippen molar-refractivity contribution < 1.29 is 19.7 Å². The first kappa shape index (κ1) is 12.5. The predicted molar refractivity (Wildman–Crippen MR) is 64.9 cm³/mol. The molecule has 0 spiro atoms. The second kappa shape index (κ2) is 3.50. The van der Waals surface area contributed by atoms with Crippen LogP contribution in [0.4, 0.5) is 0 Å². The summed E-state index contributed by atoms with van der Waals surface area (Å²) < 4.78 is 5.45. The number of aliphatic hydroxyl groups is 2. The molecule has 0 amide bonds. The van der Waals surface area contributed by atoms with Gasteiger partial charge in [-0.15, -0.1) is 0 Å². The van der Waals surface area contributed by atoms with E-state index in [2.05, 4.69) is 6.58 Å². The van der Waals surface area contributed by atoms with Crippen molar-refractivity contribution >= 4 is 17.6 Å². The van der Waals surface area contributed by atoms with Crippen LogP contribution in [0.1, 0.15) is 38.5 Å². The van der Waals surface area contributed by atoms with Crippen LogP contribution in [0.3, 0.4) is 0 Å². The van der Waals surface area contributed by atoms with Crippen molar-refractivity contribution in [3.05, 3.63) is 11.6 Å². The molecule has 4 saturated carbocycles. The molecule has 100 valence electrons. The lowest BCUT2D eigenvalue weighted by atomic mass is 9.50. The van der Waals surface area contributed by atoms with Crippen molar-refractivity contribution in [1.82, 2.24) is 0 Å². The van der Waals surface area contributed by atoms with E-state index in [0.717, 1.165) is 0 Å². The van der Waals surface area contributed by atoms with E-state index in [-0.39, 0.29) is 11.0 Å². The summed E-state index contributed by atoms with van der Waals surface area (Å²) >= 11 is 5.54. The average Bonchev–Trinajstić information content (AvgIpc) is 2.09. The van der Waals surface area contributed by atoms with Crippen LogP contribution >= 0.6 is 11.6 Å². The fourth-order valence-corrected chi connectivity index (χ4v) is 4.65. The van der Waals surface area contributed by atoms with Gasteiger partial charge in [0.05, 0.1) is 11.2 Å². The zero-order valence-corrected chi connectivity index (χ0v) is 10.9. The zero-order valence-electron chi connectivity index (χ0n) is 10.1. The Balaban J connectivity index is 1.89. The highest BCUT2D eigenvalue weighted by Crippen LogP contribution is 2.60. The van der Waals surface area contributed by atoms with Gasteiger partial charge in [-0.05, 0) is 25.2 Å². The highest BCUT2D eigenvalue weighted by Gasteiger charge is 2.64. The molecule has 0 aromatic carbocycles. The summed E-state index contributed by atoms with van der Waals surface area (Å²) in [6.45, 7) is 3.35. The number of carbonyl (C=O) groups is 1. The molecule has 4 bridgehead atoms. The van der Waals surface area contributed by atoms with Crippen LogP contribution in [0.2, 0.25) is 0 Å². The lowest BCUT2D eigenvalue weighted by Gasteiger charge is -2.62. The fraction of sp³-hybridized carbons (Fsp3) is 0.769. The third-order valence-electron chi connectivity index (χ3n) is 4.49. The molecule has 0 heterocycles. The van der Waals surface area contributed by atoms with Gasteiger partial charge in [-0.2, -0.15) is 0 Å². The third-order valence-corrected chi connectivity index (χ3v) is 4.64. The van der Waals surface area contributed by atoms with Gasteiger partial charge in [0.15, 0.2) is 0 Å². The number of hydrogen-bond acceptors (Lipinski definition) is 4. The Morgan fingerprint density at radius 3 is 2.17 bits per heavy atom. The SMILES string of the molecule is C=C(Cl)C(=O)OC12CC3C[C@@](O)(C1)C[C@](O)(C3)C2. The van der Waals surface area contributed by atoms with E-state index in [9.17, 15) is 15.0 Å². The van der Waals surface area contributed by atoms with Crippen molar-refractivity contribution in [1.29, 1.82) is 0 Å². The molecule has 4 rings (SSSR count). The van der Waals surface area contributed by atoms with Gasteiger partial charge < -0.3 is 14.9 Å². The Morgan fingerprint density at radius 1 is 1.17 bits per heavy atom. The summed E-state index contributed by atoms with van der Waals surface area (Å²) in [6.07, 6.45) is 3.27. The summed E-state index contributed by atoms with van der Waals surface area (Å²) in [7, 11) is 0. The molecule has 18 heavy (non-hydrogen) atoms. The van der Waals surface area contributed by atoms with Crippen LogP contribution in [-0.2, 0) is 9.53 Å². The summed E-state index contributed by atoms with van der Waals surface area (Å²) in [5, 5.41) is 20.8. The van der Waals surface area contributed by atoms with Crippen molar-refractivity contribution in [3.63, 3.8) is 0 Å². The topological polar surface area (TPSA) is 66.8 Å². The molecule has 0 radical (unpaired) electrons. The minimum atomic E-state index is -0.901. The highest BCUT2D eigenvalue weighted by molar-refractivity contribution is 6.40. The monoisotopic (exact) mass is 272 g/mol. The first-order valence-corrected chi connectivity index (χ1v) is 6.64. The molecule has 4 aliphatic rings. The Morgan fingerprint density at radius 2 is 1.72 bits per heavy atom. The molecular formula is C13H17ClO4. The Labute approximate surface area is 111 Å². The van der Waals surface area contributed by atoms with Crippen molar-refractivity contribution in [3.8, 4) is 0 Å². The number of rotatable bonds is 2. The Kier molecular flexibility index (Phi) is 2.42. The van der Waals surface area contributed by atoms with Gasteiger partial charge >= 0.3 is 5.97 Å². The standard InChI is InChI=1S/C13H17ClO4/c1-8(14)10(15)18-13-4-9-2-11(16,6-13)5-12(17,3-9)7-13/h9,16-17H,1-7H2/t9?,11-,12+,13?. The van der Waals surface area contributed by atoms with Gasteiger partial charge in [0.1, 0.15) is 10.6 Å². The van der Waals surface area contributed by atoms with Gasteiger partial charge in [-0.3, -0.25) is 0 Å². The molecular weight excluding hydrogens is 256 g/mol. The zero-order chi connectivity index (χ0) is 13.2. The van der Waals surface area contributed by atoms with Crippen LogP contribution in [0.15, 0.2) is 11.6 Å². The second-order valence-electron chi connectivity index (χ2n) is 6.43. The van der Waals surface area contributed by atoms with Crippen LogP contribution < -0.4 is 0 Å². The number of carbonyl (C=O) groups excluding carboxylic acids is 1. The molecule has 0 aliphatic heterocycles. The van der Waals surface area contributed by atoms with E-state index >= 15 is 0 Å². The Bertz CT molecular complexity index is 415. The molecule has 0 aromatic rings. The van der Waals surface area contributed by atoms with Crippen LogP contribution in [0.25, 0.3) is 0 Å². The van der Waals surface area contributed by atoms with E-state index in [1.165, 1.54) is 0 Å². The number of halogens is 1. The lowest BCUT2D eigenvalue weighted by Crippen LogP contribution is -2.66. The first-order chi connectivity index (χ1) is 8.23. The molecule has 0 saturated heterocycles. The number of hydrogen-bond donors (Lipinski definition) is 2. The molecule has 5 heteroatoms. The van der Waals surface area contributed by atoms with Crippen molar-refractivity contribution in [2.24, 2.45) is 5.92 Å². The van der Waals surface area contributed by atoms with Gasteiger partial charge in [0, 0.05) is 19.3 Å². The molecule has 4 fully saturated rings. The highest BCUT2D eigenvalue weighted by atomic mass is 35.5. The van der Waals surface area contributed by atoms with Crippen LogP contribution in [-0.4, -0.2) is 33.0 Å². The maximum atomic E-state index is 11.6. The summed E-state index contributed by atoms with van der Waals surface area (Å²) in [5.41, 5.74) is -2.57. The molecule has 4 nitrogen and oxygen atoms in total. The quantitative estimate of drug-likeness (QED) is 0.590. The second-order valence-corrected chi connectivity index (χ2v) is 6.89. The minimum Gasteiger partial charge on any atom is -0.455 e. The molecule has 2 unspecified atom stereocenters. The molecule has 2 N–H and O–H groups in total. The van der Waals surface area contributed by atoms with Crippen molar-refractivity contribution in [2.75, 3.05) is 0 Å². The summed E-state index contributed by atoms with van der Waals surface area (Å²) in [4.78, 5) is 11.6. The average molecular weight is 273 g/mol. The number of ether oxygens (including phenoxy) is 1.